The summed E-state index contributed by atoms with van der Waals surface area (Å²) in [6.07, 6.45) is 5.08. The Labute approximate surface area is 145 Å². The average molecular weight is 333 g/mol. The van der Waals surface area contributed by atoms with E-state index < -0.39 is 0 Å². The van der Waals surface area contributed by atoms with Crippen molar-refractivity contribution in [3.05, 3.63) is 24.0 Å². The van der Waals surface area contributed by atoms with Crippen molar-refractivity contribution >= 4 is 17.5 Å². The number of rotatable bonds is 10. The van der Waals surface area contributed by atoms with Gasteiger partial charge in [-0.1, -0.05) is 27.7 Å². The Bertz CT molecular complexity index is 510. The topological polar surface area (TPSA) is 71.1 Å². The van der Waals surface area contributed by atoms with Gasteiger partial charge in [0.1, 0.15) is 0 Å². The number of carbonyl (C=O) groups is 2. The Balaban J connectivity index is 2.18. The van der Waals surface area contributed by atoms with E-state index in [-0.39, 0.29) is 11.8 Å². The lowest BCUT2D eigenvalue weighted by molar-refractivity contribution is -0.121. The van der Waals surface area contributed by atoms with Gasteiger partial charge in [-0.15, -0.1) is 0 Å². The number of anilines is 1. The molecule has 0 spiro atoms. The van der Waals surface area contributed by atoms with Crippen molar-refractivity contribution in [3.8, 4) is 0 Å². The molecule has 0 fully saturated rings. The molecule has 0 aliphatic heterocycles. The van der Waals surface area contributed by atoms with E-state index in [9.17, 15) is 9.59 Å². The third kappa shape index (κ3) is 8.65. The van der Waals surface area contributed by atoms with Crippen LogP contribution in [-0.2, 0) is 9.59 Å². The predicted molar refractivity (Wildman–Crippen MR) is 97.9 cm³/mol. The van der Waals surface area contributed by atoms with Crippen LogP contribution in [0.1, 0.15) is 71.4 Å². The number of amides is 2. The number of nitrogens with zero attached hydrogens (tertiary/aromatic N) is 1. The SMILES string of the molecule is CC(C)CCCNC(=O)CCCC(=O)Nc1ccc(C(C)C)nc1. The molecule has 2 N–H and O–H groups in total. The zero-order valence-corrected chi connectivity index (χ0v) is 15.4. The van der Waals surface area contributed by atoms with Gasteiger partial charge < -0.3 is 10.6 Å². The third-order valence-corrected chi connectivity index (χ3v) is 3.75. The Kier molecular flexibility index (Phi) is 9.05. The van der Waals surface area contributed by atoms with E-state index in [0.717, 1.165) is 25.1 Å². The fraction of sp³-hybridized carbons (Fsp3) is 0.632. The number of nitrogens with one attached hydrogen (secondary N) is 2. The number of hydrogen-bond donors (Lipinski definition) is 2. The maximum atomic E-state index is 11.9. The molecule has 1 heterocycles. The Morgan fingerprint density at radius 3 is 2.33 bits per heavy atom. The van der Waals surface area contributed by atoms with Gasteiger partial charge >= 0.3 is 0 Å². The second kappa shape index (κ2) is 10.8. The molecule has 0 radical (unpaired) electrons. The summed E-state index contributed by atoms with van der Waals surface area (Å²) in [6.45, 7) is 9.22. The normalized spacial score (nSPS) is 10.9. The largest absolute Gasteiger partial charge is 0.356 e. The minimum atomic E-state index is -0.0818. The molecule has 1 aromatic rings. The minimum Gasteiger partial charge on any atom is -0.356 e. The van der Waals surface area contributed by atoms with Gasteiger partial charge in [0.15, 0.2) is 0 Å². The van der Waals surface area contributed by atoms with Crippen LogP contribution < -0.4 is 10.6 Å². The first-order valence-electron chi connectivity index (χ1n) is 8.91. The first kappa shape index (κ1) is 20.1. The Hall–Kier alpha value is -1.91. The molecule has 2 amide bonds. The van der Waals surface area contributed by atoms with Crippen molar-refractivity contribution in [1.29, 1.82) is 0 Å². The molecule has 5 heteroatoms. The summed E-state index contributed by atoms with van der Waals surface area (Å²) in [7, 11) is 0. The predicted octanol–water partition coefficient (Wildman–Crippen LogP) is 3.87. The lowest BCUT2D eigenvalue weighted by atomic mass is 10.1. The summed E-state index contributed by atoms with van der Waals surface area (Å²) < 4.78 is 0. The monoisotopic (exact) mass is 333 g/mol. The molecule has 5 nitrogen and oxygen atoms in total. The van der Waals surface area contributed by atoms with Crippen molar-refractivity contribution in [1.82, 2.24) is 10.3 Å². The molecule has 1 rings (SSSR count). The standard InChI is InChI=1S/C19H31N3O2/c1-14(2)7-6-12-20-18(23)8-5-9-19(24)22-16-10-11-17(15(3)4)21-13-16/h10-11,13-15H,5-9,12H2,1-4H3,(H,20,23)(H,22,24). The van der Waals surface area contributed by atoms with Crippen molar-refractivity contribution in [2.24, 2.45) is 5.92 Å². The van der Waals surface area contributed by atoms with Crippen LogP contribution in [0.25, 0.3) is 0 Å². The smallest absolute Gasteiger partial charge is 0.224 e. The van der Waals surface area contributed by atoms with Crippen LogP contribution in [0.4, 0.5) is 5.69 Å². The second-order valence-corrected chi connectivity index (χ2v) is 6.91. The van der Waals surface area contributed by atoms with E-state index in [0.29, 0.717) is 36.8 Å². The van der Waals surface area contributed by atoms with Crippen LogP contribution in [0.15, 0.2) is 18.3 Å². The van der Waals surface area contributed by atoms with Crippen LogP contribution in [0.3, 0.4) is 0 Å². The first-order chi connectivity index (χ1) is 11.4. The summed E-state index contributed by atoms with van der Waals surface area (Å²) >= 11 is 0. The zero-order chi connectivity index (χ0) is 17.9. The molecule has 0 saturated heterocycles. The number of hydrogen-bond acceptors (Lipinski definition) is 3. The van der Waals surface area contributed by atoms with Gasteiger partial charge in [-0.05, 0) is 43.2 Å². The van der Waals surface area contributed by atoms with Crippen LogP contribution >= 0.6 is 0 Å². The summed E-state index contributed by atoms with van der Waals surface area (Å²) in [5.74, 6) is 0.972. The molecule has 1 aromatic heterocycles. The molecule has 0 atom stereocenters. The van der Waals surface area contributed by atoms with Gasteiger partial charge in [0.25, 0.3) is 0 Å². The van der Waals surface area contributed by atoms with Gasteiger partial charge in [-0.3, -0.25) is 14.6 Å². The van der Waals surface area contributed by atoms with Gasteiger partial charge in [-0.2, -0.15) is 0 Å². The summed E-state index contributed by atoms with van der Waals surface area (Å²) in [5, 5.41) is 5.71. The van der Waals surface area contributed by atoms with Crippen LogP contribution in [0, 0.1) is 5.92 Å². The molecule has 0 aromatic carbocycles. The lowest BCUT2D eigenvalue weighted by Gasteiger charge is -2.08. The molecular formula is C19H31N3O2. The Morgan fingerprint density at radius 1 is 1.04 bits per heavy atom. The number of aromatic nitrogens is 1. The van der Waals surface area contributed by atoms with E-state index >= 15 is 0 Å². The molecular weight excluding hydrogens is 302 g/mol. The molecule has 0 aliphatic carbocycles. The fourth-order valence-electron chi connectivity index (χ4n) is 2.28. The van der Waals surface area contributed by atoms with Crippen LogP contribution in [-0.4, -0.2) is 23.3 Å². The van der Waals surface area contributed by atoms with Crippen molar-refractivity contribution < 1.29 is 9.59 Å². The highest BCUT2D eigenvalue weighted by molar-refractivity contribution is 5.90. The van der Waals surface area contributed by atoms with Gasteiger partial charge in [0.2, 0.25) is 11.8 Å². The quantitative estimate of drug-likeness (QED) is 0.639. The van der Waals surface area contributed by atoms with Gasteiger partial charge in [0, 0.05) is 25.1 Å². The van der Waals surface area contributed by atoms with Crippen LogP contribution in [0.5, 0.6) is 0 Å². The van der Waals surface area contributed by atoms with E-state index in [1.807, 2.05) is 12.1 Å². The summed E-state index contributed by atoms with van der Waals surface area (Å²) in [4.78, 5) is 27.9. The summed E-state index contributed by atoms with van der Waals surface area (Å²) in [6, 6.07) is 3.78. The zero-order valence-electron chi connectivity index (χ0n) is 15.4. The third-order valence-electron chi connectivity index (χ3n) is 3.75. The van der Waals surface area contributed by atoms with Crippen molar-refractivity contribution in [2.45, 2.75) is 65.7 Å². The van der Waals surface area contributed by atoms with E-state index in [4.69, 9.17) is 0 Å². The van der Waals surface area contributed by atoms with E-state index in [1.165, 1.54) is 0 Å². The molecule has 0 bridgehead atoms. The van der Waals surface area contributed by atoms with Gasteiger partial charge in [0.05, 0.1) is 11.9 Å². The first-order valence-corrected chi connectivity index (χ1v) is 8.91. The molecule has 134 valence electrons. The maximum Gasteiger partial charge on any atom is 0.224 e. The molecule has 0 unspecified atom stereocenters. The van der Waals surface area contributed by atoms with E-state index in [2.05, 4.69) is 43.3 Å². The summed E-state index contributed by atoms with van der Waals surface area (Å²) in [5.41, 5.74) is 1.70. The minimum absolute atomic E-state index is 0.0227. The van der Waals surface area contributed by atoms with E-state index in [1.54, 1.807) is 6.20 Å². The Morgan fingerprint density at radius 2 is 1.75 bits per heavy atom. The van der Waals surface area contributed by atoms with Crippen molar-refractivity contribution in [3.63, 3.8) is 0 Å². The van der Waals surface area contributed by atoms with Gasteiger partial charge in [-0.25, -0.2) is 0 Å². The highest BCUT2D eigenvalue weighted by atomic mass is 16.2. The number of pyridine rings is 1. The maximum absolute atomic E-state index is 11.9. The average Bonchev–Trinajstić information content (AvgIpc) is 2.52. The van der Waals surface area contributed by atoms with Crippen LogP contribution in [0.2, 0.25) is 0 Å². The lowest BCUT2D eigenvalue weighted by Crippen LogP contribution is -2.24. The fourth-order valence-corrected chi connectivity index (χ4v) is 2.28. The second-order valence-electron chi connectivity index (χ2n) is 6.91. The molecule has 0 saturated carbocycles. The highest BCUT2D eigenvalue weighted by Crippen LogP contribution is 2.14. The van der Waals surface area contributed by atoms with Crippen molar-refractivity contribution in [2.75, 3.05) is 11.9 Å². The highest BCUT2D eigenvalue weighted by Gasteiger charge is 2.07. The number of carbonyl (C=O) groups excluding carboxylic acids is 2. The molecule has 24 heavy (non-hydrogen) atoms. The molecule has 0 aliphatic rings.